The SMILES string of the molecule is OC(c1cc(F)c(F)c(Cl)c1)C(F)F. The van der Waals surface area contributed by atoms with Crippen LogP contribution < -0.4 is 0 Å². The summed E-state index contributed by atoms with van der Waals surface area (Å²) in [6.07, 6.45) is -5.24. The number of hydrogen-bond donors (Lipinski definition) is 1. The highest BCUT2D eigenvalue weighted by atomic mass is 35.5. The van der Waals surface area contributed by atoms with Crippen LogP contribution in [0, 0.1) is 11.6 Å². The third-order valence-electron chi connectivity index (χ3n) is 1.59. The highest BCUT2D eigenvalue weighted by Gasteiger charge is 2.21. The average molecular weight is 229 g/mol. The van der Waals surface area contributed by atoms with Gasteiger partial charge in [0.15, 0.2) is 11.6 Å². The highest BCUT2D eigenvalue weighted by Crippen LogP contribution is 2.26. The first-order chi connectivity index (χ1) is 6.43. The lowest BCUT2D eigenvalue weighted by Crippen LogP contribution is -2.08. The van der Waals surface area contributed by atoms with E-state index in [1.54, 1.807) is 0 Å². The molecule has 1 rings (SSSR count). The Morgan fingerprint density at radius 1 is 1.21 bits per heavy atom. The van der Waals surface area contributed by atoms with Crippen LogP contribution in [0.3, 0.4) is 0 Å². The molecule has 0 aromatic heterocycles. The highest BCUT2D eigenvalue weighted by molar-refractivity contribution is 6.30. The van der Waals surface area contributed by atoms with Crippen LogP contribution in [0.4, 0.5) is 17.6 Å². The second-order valence-corrected chi connectivity index (χ2v) is 2.99. The number of aliphatic hydroxyl groups is 1. The van der Waals surface area contributed by atoms with Gasteiger partial charge in [0.05, 0.1) is 5.02 Å². The Balaban J connectivity index is 3.12. The smallest absolute Gasteiger partial charge is 0.268 e. The van der Waals surface area contributed by atoms with Gasteiger partial charge in [-0.3, -0.25) is 0 Å². The van der Waals surface area contributed by atoms with Crippen molar-refractivity contribution in [2.45, 2.75) is 12.5 Å². The maximum absolute atomic E-state index is 12.6. The monoisotopic (exact) mass is 228 g/mol. The molecule has 6 heteroatoms. The molecule has 1 aromatic rings. The molecule has 1 atom stereocenters. The quantitative estimate of drug-likeness (QED) is 0.610. The molecule has 1 unspecified atom stereocenters. The number of alkyl halides is 2. The second-order valence-electron chi connectivity index (χ2n) is 2.58. The Hall–Kier alpha value is -0.810. The molecule has 0 aliphatic rings. The maximum Gasteiger partial charge on any atom is 0.268 e. The number of benzene rings is 1. The molecule has 1 N–H and O–H groups in total. The summed E-state index contributed by atoms with van der Waals surface area (Å²) in [5, 5.41) is 8.20. The fourth-order valence-corrected chi connectivity index (χ4v) is 1.11. The first kappa shape index (κ1) is 11.3. The largest absolute Gasteiger partial charge is 0.382 e. The maximum atomic E-state index is 12.6. The van der Waals surface area contributed by atoms with Crippen LogP contribution in [-0.2, 0) is 0 Å². The van der Waals surface area contributed by atoms with Crippen molar-refractivity contribution in [2.75, 3.05) is 0 Å². The summed E-state index contributed by atoms with van der Waals surface area (Å²) in [6, 6.07) is 1.24. The van der Waals surface area contributed by atoms with E-state index in [1.807, 2.05) is 0 Å². The number of hydrogen-bond acceptors (Lipinski definition) is 1. The van der Waals surface area contributed by atoms with Crippen molar-refractivity contribution in [3.8, 4) is 0 Å². The van der Waals surface area contributed by atoms with Crippen LogP contribution in [-0.4, -0.2) is 11.5 Å². The molecular weight excluding hydrogens is 224 g/mol. The normalized spacial score (nSPS) is 13.4. The van der Waals surface area contributed by atoms with Crippen molar-refractivity contribution in [3.63, 3.8) is 0 Å². The fourth-order valence-electron chi connectivity index (χ4n) is 0.891. The minimum absolute atomic E-state index is 0.455. The molecule has 1 nitrogen and oxygen atoms in total. The average Bonchev–Trinajstić information content (AvgIpc) is 2.12. The Morgan fingerprint density at radius 2 is 1.79 bits per heavy atom. The van der Waals surface area contributed by atoms with Crippen LogP contribution in [0.2, 0.25) is 5.02 Å². The minimum atomic E-state index is -3.07. The third-order valence-corrected chi connectivity index (χ3v) is 1.86. The fraction of sp³-hybridized carbons (Fsp3) is 0.250. The van der Waals surface area contributed by atoms with Crippen molar-refractivity contribution in [2.24, 2.45) is 0 Å². The lowest BCUT2D eigenvalue weighted by Gasteiger charge is -2.10. The van der Waals surface area contributed by atoms with Gasteiger partial charge in [0.25, 0.3) is 6.43 Å². The van der Waals surface area contributed by atoms with Crippen LogP contribution in [0.5, 0.6) is 0 Å². The lowest BCUT2D eigenvalue weighted by atomic mass is 10.1. The zero-order chi connectivity index (χ0) is 10.9. The standard InChI is InChI=1S/C8H5ClF4O/c9-4-1-3(7(14)8(12)13)2-5(10)6(4)11/h1-2,7-8,14H. The van der Waals surface area contributed by atoms with E-state index in [9.17, 15) is 17.6 Å². The third kappa shape index (κ3) is 2.16. The zero-order valence-corrected chi connectivity index (χ0v) is 7.40. The predicted octanol–water partition coefficient (Wildman–Crippen LogP) is 2.92. The summed E-state index contributed by atoms with van der Waals surface area (Å²) in [7, 11) is 0. The summed E-state index contributed by atoms with van der Waals surface area (Å²) >= 11 is 5.20. The van der Waals surface area contributed by atoms with Gasteiger partial charge in [0.2, 0.25) is 0 Å². The van der Waals surface area contributed by atoms with Gasteiger partial charge in [0.1, 0.15) is 6.10 Å². The van der Waals surface area contributed by atoms with Crippen molar-refractivity contribution in [1.29, 1.82) is 0 Å². The van der Waals surface area contributed by atoms with Gasteiger partial charge >= 0.3 is 0 Å². The number of halogens is 5. The molecule has 0 amide bonds. The molecule has 0 spiro atoms. The topological polar surface area (TPSA) is 20.2 Å². The molecule has 0 heterocycles. The van der Waals surface area contributed by atoms with Crippen molar-refractivity contribution < 1.29 is 22.7 Å². The molecule has 0 aliphatic carbocycles. The molecule has 0 bridgehead atoms. The zero-order valence-electron chi connectivity index (χ0n) is 6.65. The Bertz CT molecular complexity index is 319. The van der Waals surface area contributed by atoms with Crippen molar-refractivity contribution >= 4 is 11.6 Å². The van der Waals surface area contributed by atoms with Crippen LogP contribution in [0.1, 0.15) is 11.7 Å². The Labute approximate surface area is 81.9 Å². The van der Waals surface area contributed by atoms with Gasteiger partial charge in [0, 0.05) is 0 Å². The molecular formula is C8H5ClF4O. The van der Waals surface area contributed by atoms with Gasteiger partial charge < -0.3 is 5.11 Å². The van der Waals surface area contributed by atoms with Crippen LogP contribution in [0.15, 0.2) is 12.1 Å². The Morgan fingerprint density at radius 3 is 2.21 bits per heavy atom. The van der Waals surface area contributed by atoms with Crippen molar-refractivity contribution in [3.05, 3.63) is 34.4 Å². The molecule has 78 valence electrons. The molecule has 0 fully saturated rings. The summed E-state index contributed by atoms with van der Waals surface area (Å²) < 4.78 is 49.2. The Kier molecular flexibility index (Phi) is 3.34. The lowest BCUT2D eigenvalue weighted by molar-refractivity contribution is -0.00597. The van der Waals surface area contributed by atoms with E-state index >= 15 is 0 Å². The first-order valence-electron chi connectivity index (χ1n) is 3.54. The predicted molar refractivity (Wildman–Crippen MR) is 42.3 cm³/mol. The van der Waals surface area contributed by atoms with Gasteiger partial charge in [-0.05, 0) is 17.7 Å². The van der Waals surface area contributed by atoms with Gasteiger partial charge in [-0.25, -0.2) is 17.6 Å². The molecule has 0 saturated carbocycles. The molecule has 0 radical (unpaired) electrons. The minimum Gasteiger partial charge on any atom is -0.382 e. The van der Waals surface area contributed by atoms with Crippen molar-refractivity contribution in [1.82, 2.24) is 0 Å². The van der Waals surface area contributed by atoms with E-state index in [4.69, 9.17) is 16.7 Å². The van der Waals surface area contributed by atoms with Crippen LogP contribution >= 0.6 is 11.6 Å². The summed E-state index contributed by atoms with van der Waals surface area (Å²) in [5.41, 5.74) is -0.455. The molecule has 1 aromatic carbocycles. The van der Waals surface area contributed by atoms with E-state index in [1.165, 1.54) is 0 Å². The second kappa shape index (κ2) is 4.14. The number of rotatable bonds is 2. The van der Waals surface area contributed by atoms with Gasteiger partial charge in [-0.1, -0.05) is 11.6 Å². The first-order valence-corrected chi connectivity index (χ1v) is 3.92. The van der Waals surface area contributed by atoms with E-state index in [2.05, 4.69) is 0 Å². The van der Waals surface area contributed by atoms with Gasteiger partial charge in [-0.15, -0.1) is 0 Å². The van der Waals surface area contributed by atoms with Crippen LogP contribution in [0.25, 0.3) is 0 Å². The van der Waals surface area contributed by atoms with E-state index in [-0.39, 0.29) is 0 Å². The summed E-state index contributed by atoms with van der Waals surface area (Å²) in [4.78, 5) is 0. The van der Waals surface area contributed by atoms with E-state index in [0.717, 1.165) is 6.07 Å². The molecule has 0 aliphatic heterocycles. The molecule has 0 saturated heterocycles. The summed E-state index contributed by atoms with van der Waals surface area (Å²) in [6.45, 7) is 0. The summed E-state index contributed by atoms with van der Waals surface area (Å²) in [5.74, 6) is -2.69. The van der Waals surface area contributed by atoms with Gasteiger partial charge in [-0.2, -0.15) is 0 Å². The number of aliphatic hydroxyl groups excluding tert-OH is 1. The molecule has 14 heavy (non-hydrogen) atoms. The van der Waals surface area contributed by atoms with E-state index in [0.29, 0.717) is 6.07 Å². The van der Waals surface area contributed by atoms with E-state index < -0.39 is 34.7 Å².